The molecule has 0 aliphatic carbocycles. The van der Waals surface area contributed by atoms with Crippen molar-refractivity contribution in [1.29, 1.82) is 0 Å². The van der Waals surface area contributed by atoms with Gasteiger partial charge in [-0.1, -0.05) is 67.2 Å². The number of nitrogens with zero attached hydrogens (tertiary/aromatic N) is 4. The lowest BCUT2D eigenvalue weighted by Gasteiger charge is -2.41. The van der Waals surface area contributed by atoms with E-state index in [-0.39, 0.29) is 36.5 Å². The Morgan fingerprint density at radius 3 is 2.30 bits per heavy atom. The summed E-state index contributed by atoms with van der Waals surface area (Å²) in [6, 6.07) is 21.8. The molecule has 0 spiro atoms. The van der Waals surface area contributed by atoms with Crippen molar-refractivity contribution in [3.05, 3.63) is 107 Å². The van der Waals surface area contributed by atoms with E-state index in [1.54, 1.807) is 60.6 Å². The standard InChI is InChI=1S/C30H28N4O5S/c1-18-25(16-40-30-32-31-17-33(30)2)38-29(39-26(18)20-12-10-19(15-35)11-13-20)21-6-5-7-22(14-21)34-27(36)23-8-3-4-9-24(23)28(34)37/h3-14,17-18,25-26,29,35H,15-16H2,1-2H3/t18-,25+,26+,29+/m1/s1. The Bertz CT molecular complexity index is 1520. The van der Waals surface area contributed by atoms with Crippen LogP contribution in [0.3, 0.4) is 0 Å². The number of aromatic nitrogens is 3. The molecule has 0 saturated carbocycles. The highest BCUT2D eigenvalue weighted by Crippen LogP contribution is 2.43. The maximum atomic E-state index is 13.1. The molecule has 1 fully saturated rings. The number of hydrogen-bond acceptors (Lipinski definition) is 8. The smallest absolute Gasteiger partial charge is 0.266 e. The van der Waals surface area contributed by atoms with Crippen LogP contribution in [-0.2, 0) is 23.1 Å². The Labute approximate surface area is 235 Å². The Hall–Kier alpha value is -3.83. The van der Waals surface area contributed by atoms with Gasteiger partial charge in [0.15, 0.2) is 11.4 Å². The fourth-order valence-electron chi connectivity index (χ4n) is 5.10. The van der Waals surface area contributed by atoms with Gasteiger partial charge in [0.25, 0.3) is 11.8 Å². The third-order valence-electron chi connectivity index (χ3n) is 7.36. The van der Waals surface area contributed by atoms with Gasteiger partial charge in [0.2, 0.25) is 0 Å². The minimum Gasteiger partial charge on any atom is -0.392 e. The maximum Gasteiger partial charge on any atom is 0.266 e. The average Bonchev–Trinajstić information content (AvgIpc) is 3.51. The topological polar surface area (TPSA) is 107 Å². The van der Waals surface area contributed by atoms with Crippen molar-refractivity contribution in [2.75, 3.05) is 10.7 Å². The number of imide groups is 1. The molecule has 1 saturated heterocycles. The quantitative estimate of drug-likeness (QED) is 0.258. The molecule has 9 nitrogen and oxygen atoms in total. The number of benzene rings is 3. The van der Waals surface area contributed by atoms with Crippen molar-refractivity contribution in [3.63, 3.8) is 0 Å². The number of aliphatic hydroxyl groups is 1. The van der Waals surface area contributed by atoms with Crippen LogP contribution in [-0.4, -0.2) is 43.5 Å². The Kier molecular flexibility index (Phi) is 7.24. The second kappa shape index (κ2) is 11.0. The summed E-state index contributed by atoms with van der Waals surface area (Å²) in [4.78, 5) is 27.4. The van der Waals surface area contributed by atoms with Crippen molar-refractivity contribution in [1.82, 2.24) is 14.8 Å². The molecule has 0 bridgehead atoms. The molecule has 1 N–H and O–H groups in total. The van der Waals surface area contributed by atoms with E-state index in [9.17, 15) is 14.7 Å². The van der Waals surface area contributed by atoms with E-state index < -0.39 is 6.29 Å². The number of anilines is 1. The van der Waals surface area contributed by atoms with E-state index in [2.05, 4.69) is 17.1 Å². The van der Waals surface area contributed by atoms with Crippen LogP contribution in [0.2, 0.25) is 0 Å². The van der Waals surface area contributed by atoms with E-state index in [4.69, 9.17) is 9.47 Å². The summed E-state index contributed by atoms with van der Waals surface area (Å²) in [6.45, 7) is 2.06. The number of thioether (sulfide) groups is 1. The first-order chi connectivity index (χ1) is 19.4. The number of fused-ring (bicyclic) bond motifs is 1. The van der Waals surface area contributed by atoms with Gasteiger partial charge >= 0.3 is 0 Å². The minimum atomic E-state index is -0.737. The van der Waals surface area contributed by atoms with Crippen molar-refractivity contribution in [2.45, 2.75) is 37.2 Å². The summed E-state index contributed by atoms with van der Waals surface area (Å²) in [5.41, 5.74) is 3.74. The van der Waals surface area contributed by atoms with Gasteiger partial charge in [-0.05, 0) is 35.4 Å². The maximum absolute atomic E-state index is 13.1. The van der Waals surface area contributed by atoms with Gasteiger partial charge in [-0.3, -0.25) is 9.59 Å². The fourth-order valence-corrected chi connectivity index (χ4v) is 6.16. The largest absolute Gasteiger partial charge is 0.392 e. The Morgan fingerprint density at radius 1 is 0.925 bits per heavy atom. The zero-order valence-corrected chi connectivity index (χ0v) is 22.8. The monoisotopic (exact) mass is 556 g/mol. The van der Waals surface area contributed by atoms with E-state index >= 15 is 0 Å². The average molecular weight is 557 g/mol. The molecule has 0 unspecified atom stereocenters. The number of rotatable bonds is 7. The molecule has 0 radical (unpaired) electrons. The number of aryl methyl sites for hydroxylation is 1. The third kappa shape index (κ3) is 4.84. The number of amides is 2. The molecular weight excluding hydrogens is 528 g/mol. The number of carbonyl (C=O) groups is 2. The van der Waals surface area contributed by atoms with Gasteiger partial charge in [-0.15, -0.1) is 10.2 Å². The molecule has 204 valence electrons. The summed E-state index contributed by atoms with van der Waals surface area (Å²) < 4.78 is 14.9. The van der Waals surface area contributed by atoms with Crippen LogP contribution in [0.15, 0.2) is 84.3 Å². The van der Waals surface area contributed by atoms with E-state index in [1.807, 2.05) is 41.9 Å². The van der Waals surface area contributed by atoms with Gasteiger partial charge in [-0.2, -0.15) is 0 Å². The SMILES string of the molecule is C[C@@H]1[C@H](CSc2nncn2C)O[C@H](c2cccc(N3C(=O)c4ccccc4C3=O)c2)O[C@@H]1c1ccc(CO)cc1. The Morgan fingerprint density at radius 2 is 1.65 bits per heavy atom. The van der Waals surface area contributed by atoms with Crippen LogP contribution in [0.1, 0.15) is 56.7 Å². The van der Waals surface area contributed by atoms with Crippen molar-refractivity contribution in [2.24, 2.45) is 13.0 Å². The molecule has 2 amide bonds. The molecule has 4 atom stereocenters. The number of ether oxygens (including phenoxy) is 2. The summed E-state index contributed by atoms with van der Waals surface area (Å²) >= 11 is 1.56. The molecule has 2 aliphatic rings. The van der Waals surface area contributed by atoms with E-state index in [1.165, 1.54) is 4.90 Å². The fraction of sp³-hybridized carbons (Fsp3) is 0.267. The second-order valence-electron chi connectivity index (χ2n) is 9.94. The number of aliphatic hydroxyl groups excluding tert-OH is 1. The lowest BCUT2D eigenvalue weighted by Crippen LogP contribution is -2.38. The van der Waals surface area contributed by atoms with Crippen molar-refractivity contribution in [3.8, 4) is 0 Å². The van der Waals surface area contributed by atoms with Crippen LogP contribution < -0.4 is 4.90 Å². The predicted molar refractivity (Wildman–Crippen MR) is 149 cm³/mol. The molecule has 10 heteroatoms. The van der Waals surface area contributed by atoms with Crippen LogP contribution in [0.4, 0.5) is 5.69 Å². The lowest BCUT2D eigenvalue weighted by atomic mass is 9.91. The summed E-state index contributed by atoms with van der Waals surface area (Å²) in [6.07, 6.45) is 0.430. The van der Waals surface area contributed by atoms with Gasteiger partial charge < -0.3 is 19.1 Å². The molecule has 6 rings (SSSR count). The van der Waals surface area contributed by atoms with Crippen molar-refractivity contribution < 1.29 is 24.2 Å². The molecule has 3 aromatic carbocycles. The highest BCUT2D eigenvalue weighted by Gasteiger charge is 2.40. The predicted octanol–water partition coefficient (Wildman–Crippen LogP) is 4.69. The zero-order chi connectivity index (χ0) is 27.8. The summed E-state index contributed by atoms with van der Waals surface area (Å²) in [5.74, 6) is -0.0821. The van der Waals surface area contributed by atoms with E-state index in [0.29, 0.717) is 28.1 Å². The molecule has 1 aromatic heterocycles. The lowest BCUT2D eigenvalue weighted by molar-refractivity contribution is -0.268. The first-order valence-corrected chi connectivity index (χ1v) is 14.0. The van der Waals surface area contributed by atoms with Crippen LogP contribution >= 0.6 is 11.8 Å². The highest BCUT2D eigenvalue weighted by atomic mass is 32.2. The minimum absolute atomic E-state index is 0.00336. The highest BCUT2D eigenvalue weighted by molar-refractivity contribution is 7.99. The van der Waals surface area contributed by atoms with Crippen LogP contribution in [0.5, 0.6) is 0 Å². The first-order valence-electron chi connectivity index (χ1n) is 13.0. The molecular formula is C30H28N4O5S. The summed E-state index contributed by atoms with van der Waals surface area (Å²) in [7, 11) is 1.90. The summed E-state index contributed by atoms with van der Waals surface area (Å²) in [5, 5.41) is 18.4. The van der Waals surface area contributed by atoms with Crippen molar-refractivity contribution >= 4 is 29.3 Å². The zero-order valence-electron chi connectivity index (χ0n) is 22.0. The van der Waals surface area contributed by atoms with Gasteiger partial charge in [-0.25, -0.2) is 4.90 Å². The molecule has 40 heavy (non-hydrogen) atoms. The Balaban J connectivity index is 1.30. The van der Waals surface area contributed by atoms with E-state index in [0.717, 1.165) is 16.3 Å². The van der Waals surface area contributed by atoms with Crippen LogP contribution in [0.25, 0.3) is 0 Å². The van der Waals surface area contributed by atoms with Gasteiger partial charge in [0.1, 0.15) is 6.33 Å². The third-order valence-corrected chi connectivity index (χ3v) is 8.49. The molecule has 2 aliphatic heterocycles. The van der Waals surface area contributed by atoms with Gasteiger partial charge in [0, 0.05) is 24.3 Å². The van der Waals surface area contributed by atoms with Crippen LogP contribution in [0, 0.1) is 5.92 Å². The normalized spacial score (nSPS) is 22.5. The number of carbonyl (C=O) groups excluding carboxylic acids is 2. The molecule has 3 heterocycles. The molecule has 4 aromatic rings. The first kappa shape index (κ1) is 26.4. The second-order valence-corrected chi connectivity index (χ2v) is 10.9. The van der Waals surface area contributed by atoms with Gasteiger partial charge in [0.05, 0.1) is 35.6 Å². The number of hydrogen-bond donors (Lipinski definition) is 1.